The van der Waals surface area contributed by atoms with Crippen molar-refractivity contribution in [3.8, 4) is 22.3 Å². The first kappa shape index (κ1) is 20.9. The highest BCUT2D eigenvalue weighted by Gasteiger charge is 2.41. The molecule has 0 spiro atoms. The van der Waals surface area contributed by atoms with E-state index in [4.69, 9.17) is 0 Å². The highest BCUT2D eigenvalue weighted by Crippen LogP contribution is 2.55. The maximum absolute atomic E-state index is 2.48. The van der Waals surface area contributed by atoms with Crippen molar-refractivity contribution < 1.29 is 0 Å². The van der Waals surface area contributed by atoms with Crippen LogP contribution in [0.2, 0.25) is 0 Å². The van der Waals surface area contributed by atoms with Crippen molar-refractivity contribution >= 4 is 0 Å². The Morgan fingerprint density at radius 1 is 0.700 bits per heavy atom. The van der Waals surface area contributed by atoms with Gasteiger partial charge in [0.2, 0.25) is 0 Å². The zero-order valence-corrected chi connectivity index (χ0v) is 20.2. The number of rotatable bonds is 1. The molecule has 0 atom stereocenters. The fourth-order valence-electron chi connectivity index (χ4n) is 5.09. The van der Waals surface area contributed by atoms with Crippen LogP contribution in [0.4, 0.5) is 0 Å². The summed E-state index contributed by atoms with van der Waals surface area (Å²) in [7, 11) is 0. The predicted octanol–water partition coefficient (Wildman–Crippen LogP) is 8.56. The van der Waals surface area contributed by atoms with Gasteiger partial charge in [0.15, 0.2) is 0 Å². The highest BCUT2D eigenvalue weighted by atomic mass is 14.4. The van der Waals surface area contributed by atoms with Gasteiger partial charge in [0, 0.05) is 5.41 Å². The number of fused-ring (bicyclic) bond motifs is 3. The molecule has 0 N–H and O–H groups in total. The Hall–Kier alpha value is -2.34. The van der Waals surface area contributed by atoms with Gasteiger partial charge in [-0.1, -0.05) is 116 Å². The Balaban J connectivity index is 2.14. The van der Waals surface area contributed by atoms with Crippen LogP contribution in [-0.4, -0.2) is 0 Å². The Morgan fingerprint density at radius 2 is 1.37 bits per heavy atom. The molecule has 156 valence electrons. The first-order valence-corrected chi connectivity index (χ1v) is 11.2. The monoisotopic (exact) mass is 396 g/mol. The Bertz CT molecular complexity index is 1130. The van der Waals surface area contributed by atoms with Crippen molar-refractivity contribution in [3.05, 3.63) is 82.4 Å². The third-order valence-electron chi connectivity index (χ3n) is 6.77. The minimum Gasteiger partial charge on any atom is -0.0614 e. The molecule has 1 aliphatic rings. The van der Waals surface area contributed by atoms with Gasteiger partial charge in [-0.3, -0.25) is 0 Å². The van der Waals surface area contributed by atoms with E-state index in [0.29, 0.717) is 0 Å². The minimum absolute atomic E-state index is 0.0104. The molecule has 0 radical (unpaired) electrons. The van der Waals surface area contributed by atoms with Crippen LogP contribution in [0, 0.1) is 6.92 Å². The molecule has 0 heterocycles. The van der Waals surface area contributed by atoms with Gasteiger partial charge in [-0.25, -0.2) is 0 Å². The SMILES string of the molecule is Cc1cccc(-c2cccc3c2-c2cc(C(C)(C)C)cc(C(C)(C)C)c2C3(C)C)c1. The maximum atomic E-state index is 2.48. The van der Waals surface area contributed by atoms with Crippen LogP contribution in [-0.2, 0) is 16.2 Å². The lowest BCUT2D eigenvalue weighted by Gasteiger charge is -2.32. The number of benzene rings is 3. The van der Waals surface area contributed by atoms with E-state index in [-0.39, 0.29) is 16.2 Å². The van der Waals surface area contributed by atoms with E-state index in [0.717, 1.165) is 0 Å². The summed E-state index contributed by atoms with van der Waals surface area (Å²) in [5.74, 6) is 0. The van der Waals surface area contributed by atoms with E-state index < -0.39 is 0 Å². The number of aryl methyl sites for hydroxylation is 1. The van der Waals surface area contributed by atoms with Crippen LogP contribution in [0.25, 0.3) is 22.3 Å². The van der Waals surface area contributed by atoms with Gasteiger partial charge in [-0.15, -0.1) is 0 Å². The molecule has 4 rings (SSSR count). The second kappa shape index (κ2) is 6.58. The van der Waals surface area contributed by atoms with Crippen LogP contribution in [0.5, 0.6) is 0 Å². The summed E-state index contributed by atoms with van der Waals surface area (Å²) in [4.78, 5) is 0. The second-order valence-corrected chi connectivity index (χ2v) is 11.7. The molecule has 0 fully saturated rings. The molecule has 3 aromatic carbocycles. The molecule has 0 nitrogen and oxygen atoms in total. The quantitative estimate of drug-likeness (QED) is 0.386. The van der Waals surface area contributed by atoms with E-state index >= 15 is 0 Å². The predicted molar refractivity (Wildman–Crippen MR) is 132 cm³/mol. The molecule has 30 heavy (non-hydrogen) atoms. The lowest BCUT2D eigenvalue weighted by atomic mass is 9.71. The van der Waals surface area contributed by atoms with Crippen molar-refractivity contribution in [3.63, 3.8) is 0 Å². The molecule has 3 aromatic rings. The molecule has 0 aromatic heterocycles. The highest BCUT2D eigenvalue weighted by molar-refractivity contribution is 5.93. The lowest BCUT2D eigenvalue weighted by molar-refractivity contribution is 0.545. The average molecular weight is 397 g/mol. The summed E-state index contributed by atoms with van der Waals surface area (Å²) >= 11 is 0. The molecular weight excluding hydrogens is 360 g/mol. The summed E-state index contributed by atoms with van der Waals surface area (Å²) < 4.78 is 0. The van der Waals surface area contributed by atoms with Crippen molar-refractivity contribution in [1.82, 2.24) is 0 Å². The van der Waals surface area contributed by atoms with Crippen molar-refractivity contribution in [2.24, 2.45) is 0 Å². The molecular formula is C30H36. The van der Waals surface area contributed by atoms with Crippen LogP contribution >= 0.6 is 0 Å². The Morgan fingerprint density at radius 3 is 1.97 bits per heavy atom. The lowest BCUT2D eigenvalue weighted by Crippen LogP contribution is -2.24. The van der Waals surface area contributed by atoms with Gasteiger partial charge in [0.05, 0.1) is 0 Å². The largest absolute Gasteiger partial charge is 0.0614 e. The fraction of sp³-hybridized carbons (Fsp3) is 0.400. The number of hydrogen-bond acceptors (Lipinski definition) is 0. The van der Waals surface area contributed by atoms with E-state index in [1.807, 2.05) is 0 Å². The van der Waals surface area contributed by atoms with Gasteiger partial charge < -0.3 is 0 Å². The number of hydrogen-bond donors (Lipinski definition) is 0. The minimum atomic E-state index is -0.0104. The molecule has 0 heteroatoms. The fourth-order valence-corrected chi connectivity index (χ4v) is 5.09. The summed E-state index contributed by atoms with van der Waals surface area (Å²) in [6, 6.07) is 20.8. The van der Waals surface area contributed by atoms with Crippen LogP contribution in [0.3, 0.4) is 0 Å². The normalized spacial score (nSPS) is 15.1. The molecule has 0 aliphatic heterocycles. The van der Waals surface area contributed by atoms with Gasteiger partial charge in [0.1, 0.15) is 0 Å². The topological polar surface area (TPSA) is 0 Å². The van der Waals surface area contributed by atoms with Crippen molar-refractivity contribution in [2.75, 3.05) is 0 Å². The van der Waals surface area contributed by atoms with Gasteiger partial charge >= 0.3 is 0 Å². The summed E-state index contributed by atoms with van der Waals surface area (Å²) in [5, 5.41) is 0. The van der Waals surface area contributed by atoms with E-state index in [2.05, 4.69) is 117 Å². The Kier molecular flexibility index (Phi) is 4.59. The van der Waals surface area contributed by atoms with Crippen molar-refractivity contribution in [1.29, 1.82) is 0 Å². The van der Waals surface area contributed by atoms with Crippen LogP contribution < -0.4 is 0 Å². The van der Waals surface area contributed by atoms with Crippen LogP contribution in [0.1, 0.15) is 83.2 Å². The standard InChI is InChI=1S/C30H36/c1-19-12-10-13-20(16-19)22-14-11-15-24-26(22)23-17-21(28(2,3)4)18-25(29(5,6)7)27(23)30(24,8)9/h10-18H,1-9H3. The maximum Gasteiger partial charge on any atom is 0.0162 e. The summed E-state index contributed by atoms with van der Waals surface area (Å²) in [6.45, 7) is 21.0. The van der Waals surface area contributed by atoms with Gasteiger partial charge in [0.25, 0.3) is 0 Å². The average Bonchev–Trinajstić information content (AvgIpc) is 2.87. The molecule has 0 amide bonds. The zero-order chi connectivity index (χ0) is 22.1. The van der Waals surface area contributed by atoms with Crippen molar-refractivity contribution in [2.45, 2.75) is 78.6 Å². The van der Waals surface area contributed by atoms with E-state index in [1.165, 1.54) is 50.1 Å². The van der Waals surface area contributed by atoms with E-state index in [1.54, 1.807) is 0 Å². The Labute approximate surface area is 183 Å². The van der Waals surface area contributed by atoms with E-state index in [9.17, 15) is 0 Å². The smallest absolute Gasteiger partial charge is 0.0162 e. The summed E-state index contributed by atoms with van der Waals surface area (Å²) in [5.41, 5.74) is 12.9. The first-order chi connectivity index (χ1) is 13.8. The van der Waals surface area contributed by atoms with Gasteiger partial charge in [-0.2, -0.15) is 0 Å². The first-order valence-electron chi connectivity index (χ1n) is 11.2. The zero-order valence-electron chi connectivity index (χ0n) is 20.2. The second-order valence-electron chi connectivity index (χ2n) is 11.7. The molecule has 1 aliphatic carbocycles. The molecule has 0 unspecified atom stereocenters. The molecule has 0 saturated carbocycles. The third kappa shape index (κ3) is 3.22. The molecule has 0 saturated heterocycles. The third-order valence-corrected chi connectivity index (χ3v) is 6.77. The summed E-state index contributed by atoms with van der Waals surface area (Å²) in [6.07, 6.45) is 0. The molecule has 0 bridgehead atoms. The van der Waals surface area contributed by atoms with Crippen LogP contribution in [0.15, 0.2) is 54.6 Å². The van der Waals surface area contributed by atoms with Gasteiger partial charge in [-0.05, 0) is 62.3 Å².